The lowest BCUT2D eigenvalue weighted by molar-refractivity contribution is 0.194. The lowest BCUT2D eigenvalue weighted by Crippen LogP contribution is -2.33. The van der Waals surface area contributed by atoms with Gasteiger partial charge >= 0.3 is 6.09 Å². The Morgan fingerprint density at radius 3 is 2.54 bits per heavy atom. The highest BCUT2D eigenvalue weighted by Crippen LogP contribution is 2.37. The van der Waals surface area contributed by atoms with Crippen molar-refractivity contribution in [2.45, 2.75) is 51.1 Å². The molecule has 2 aromatic carbocycles. The topological polar surface area (TPSA) is 66.3 Å². The molecule has 1 aliphatic carbocycles. The molecule has 1 atom stereocenters. The smallest absolute Gasteiger partial charge is 0.404 e. The summed E-state index contributed by atoms with van der Waals surface area (Å²) >= 11 is 0. The maximum Gasteiger partial charge on any atom is 0.404 e. The summed E-state index contributed by atoms with van der Waals surface area (Å²) in [4.78, 5) is 10.8. The fourth-order valence-corrected chi connectivity index (χ4v) is 5.09. The van der Waals surface area contributed by atoms with Gasteiger partial charge in [-0.2, -0.15) is 0 Å². The normalized spacial score (nSPS) is 15.1. The zero-order valence-corrected chi connectivity index (χ0v) is 19.9. The molecule has 1 fully saturated rings. The molecule has 1 amide bonds. The molecule has 186 valence electrons. The summed E-state index contributed by atoms with van der Waals surface area (Å²) < 4.78 is 30.8. The zero-order valence-electron chi connectivity index (χ0n) is 19.9. The van der Waals surface area contributed by atoms with Gasteiger partial charge in [0.15, 0.2) is 0 Å². The number of nitrogens with one attached hydrogen (secondary N) is 2. The first-order valence-corrected chi connectivity index (χ1v) is 12.4. The molecule has 0 spiro atoms. The van der Waals surface area contributed by atoms with Gasteiger partial charge in [0, 0.05) is 36.1 Å². The third kappa shape index (κ3) is 6.69. The third-order valence-corrected chi connectivity index (χ3v) is 6.80. The molecule has 0 radical (unpaired) electrons. The van der Waals surface area contributed by atoms with Crippen LogP contribution in [0.25, 0.3) is 11.1 Å². The van der Waals surface area contributed by atoms with Gasteiger partial charge in [-0.25, -0.2) is 13.6 Å². The minimum atomic E-state index is -1.02. The van der Waals surface area contributed by atoms with Crippen LogP contribution in [-0.4, -0.2) is 28.9 Å². The van der Waals surface area contributed by atoms with E-state index in [-0.39, 0.29) is 11.6 Å². The monoisotopic (exact) mass is 481 g/mol. The van der Waals surface area contributed by atoms with E-state index in [0.717, 1.165) is 30.2 Å². The number of rotatable bonds is 10. The predicted molar refractivity (Wildman–Crippen MR) is 133 cm³/mol. The quantitative estimate of drug-likeness (QED) is 0.296. The highest BCUT2D eigenvalue weighted by molar-refractivity contribution is 5.65. The molecular weight excluding hydrogens is 448 g/mol. The Morgan fingerprint density at radius 2 is 1.80 bits per heavy atom. The molecule has 35 heavy (non-hydrogen) atoms. The molecule has 7 heteroatoms. The Balaban J connectivity index is 1.67. The molecule has 0 aliphatic heterocycles. The molecule has 1 heterocycles. The summed E-state index contributed by atoms with van der Waals surface area (Å²) in [5.41, 5.74) is 3.09. The van der Waals surface area contributed by atoms with Crippen molar-refractivity contribution in [3.8, 4) is 11.1 Å². The van der Waals surface area contributed by atoms with Crippen LogP contribution in [0.3, 0.4) is 0 Å². The number of carboxylic acid groups (broad SMARTS) is 1. The van der Waals surface area contributed by atoms with Crippen molar-refractivity contribution in [2.24, 2.45) is 5.92 Å². The van der Waals surface area contributed by atoms with E-state index in [0.29, 0.717) is 37.5 Å². The molecule has 1 saturated carbocycles. The Bertz CT molecular complexity index is 1110. The second-order valence-electron chi connectivity index (χ2n) is 9.31. The van der Waals surface area contributed by atoms with E-state index in [1.807, 2.05) is 30.5 Å². The van der Waals surface area contributed by atoms with Crippen LogP contribution < -0.4 is 10.6 Å². The fraction of sp³-hybridized carbons (Fsp3) is 0.393. The van der Waals surface area contributed by atoms with Crippen LogP contribution in [-0.2, 0) is 6.54 Å². The Morgan fingerprint density at radius 1 is 1.03 bits per heavy atom. The predicted octanol–water partition coefficient (Wildman–Crippen LogP) is 6.35. The molecule has 3 N–H and O–H groups in total. The number of benzene rings is 2. The van der Waals surface area contributed by atoms with Gasteiger partial charge in [-0.15, -0.1) is 0 Å². The van der Waals surface area contributed by atoms with Gasteiger partial charge in [-0.1, -0.05) is 49.6 Å². The standard InChI is InChI=1S/C28H33F2N3O2/c29-23-12-13-25(30)24(17-23)22-16-26(33(19-22)18-20-8-3-1-4-9-20)27(21-10-5-2-6-11-21)31-14-7-15-32-28(34)35/h1,3-4,8-9,12-13,16-17,19,21,27,31-32H,2,5-7,10-11,14-15,18H2,(H,34,35)/t27-/m1/s1. The van der Waals surface area contributed by atoms with Crippen LogP contribution >= 0.6 is 0 Å². The molecule has 5 nitrogen and oxygen atoms in total. The van der Waals surface area contributed by atoms with Gasteiger partial charge < -0.3 is 20.3 Å². The molecular formula is C28H33F2N3O2. The van der Waals surface area contributed by atoms with Crippen LogP contribution in [0.4, 0.5) is 13.6 Å². The van der Waals surface area contributed by atoms with Gasteiger partial charge in [0.1, 0.15) is 11.6 Å². The van der Waals surface area contributed by atoms with Crippen LogP contribution in [0, 0.1) is 17.6 Å². The maximum absolute atomic E-state index is 14.7. The van der Waals surface area contributed by atoms with Crippen molar-refractivity contribution in [1.82, 2.24) is 15.2 Å². The van der Waals surface area contributed by atoms with E-state index in [4.69, 9.17) is 5.11 Å². The minimum absolute atomic E-state index is 0.0363. The Hall–Kier alpha value is -3.19. The van der Waals surface area contributed by atoms with E-state index >= 15 is 0 Å². The van der Waals surface area contributed by atoms with Crippen molar-refractivity contribution in [1.29, 1.82) is 0 Å². The fourth-order valence-electron chi connectivity index (χ4n) is 5.09. The number of carbonyl (C=O) groups is 1. The third-order valence-electron chi connectivity index (χ3n) is 6.80. The van der Waals surface area contributed by atoms with Crippen LogP contribution in [0.1, 0.15) is 55.8 Å². The Kier molecular flexibility index (Phi) is 8.53. The highest BCUT2D eigenvalue weighted by Gasteiger charge is 2.28. The van der Waals surface area contributed by atoms with Gasteiger partial charge in [-0.3, -0.25) is 0 Å². The van der Waals surface area contributed by atoms with Crippen molar-refractivity contribution >= 4 is 6.09 Å². The average Bonchev–Trinajstić information content (AvgIpc) is 3.27. The summed E-state index contributed by atoms with van der Waals surface area (Å²) in [6, 6.07) is 15.7. The molecule has 1 aliphatic rings. The zero-order chi connectivity index (χ0) is 24.6. The summed E-state index contributed by atoms with van der Waals surface area (Å²) in [5.74, 6) is -0.491. The van der Waals surface area contributed by atoms with Gasteiger partial charge in [-0.05, 0) is 61.6 Å². The minimum Gasteiger partial charge on any atom is -0.465 e. The first kappa shape index (κ1) is 24.9. The van der Waals surface area contributed by atoms with E-state index in [1.165, 1.54) is 31.4 Å². The van der Waals surface area contributed by atoms with Crippen LogP contribution in [0.5, 0.6) is 0 Å². The molecule has 0 saturated heterocycles. The molecule has 4 rings (SSSR count). The van der Waals surface area contributed by atoms with Crippen molar-refractivity contribution in [2.75, 3.05) is 13.1 Å². The van der Waals surface area contributed by atoms with E-state index in [9.17, 15) is 13.6 Å². The molecule has 3 aromatic rings. The summed E-state index contributed by atoms with van der Waals surface area (Å²) in [6.45, 7) is 1.66. The summed E-state index contributed by atoms with van der Waals surface area (Å²) in [5, 5.41) is 14.9. The summed E-state index contributed by atoms with van der Waals surface area (Å²) in [6.07, 6.45) is 7.35. The van der Waals surface area contributed by atoms with E-state index in [2.05, 4.69) is 27.3 Å². The molecule has 0 unspecified atom stereocenters. The van der Waals surface area contributed by atoms with Gasteiger partial charge in [0.05, 0.1) is 6.04 Å². The molecule has 0 bridgehead atoms. The van der Waals surface area contributed by atoms with Crippen molar-refractivity contribution < 1.29 is 18.7 Å². The largest absolute Gasteiger partial charge is 0.465 e. The number of nitrogens with zero attached hydrogens (tertiary/aromatic N) is 1. The lowest BCUT2D eigenvalue weighted by atomic mass is 9.82. The van der Waals surface area contributed by atoms with Crippen LogP contribution in [0.15, 0.2) is 60.8 Å². The number of hydrogen-bond acceptors (Lipinski definition) is 2. The SMILES string of the molecule is O=C(O)NCCCN[C@@H](c1cc(-c2cc(F)ccc2F)cn1Cc1ccccc1)C1CCCCC1. The van der Waals surface area contributed by atoms with Crippen molar-refractivity contribution in [3.05, 3.63) is 83.7 Å². The number of halogens is 2. The Labute approximate surface area is 205 Å². The highest BCUT2D eigenvalue weighted by atomic mass is 19.1. The molecule has 1 aromatic heterocycles. The van der Waals surface area contributed by atoms with Crippen molar-refractivity contribution in [3.63, 3.8) is 0 Å². The second-order valence-corrected chi connectivity index (χ2v) is 9.31. The first-order valence-electron chi connectivity index (χ1n) is 12.4. The number of hydrogen-bond donors (Lipinski definition) is 3. The lowest BCUT2D eigenvalue weighted by Gasteiger charge is -2.32. The van der Waals surface area contributed by atoms with Crippen LogP contribution in [0.2, 0.25) is 0 Å². The summed E-state index contributed by atoms with van der Waals surface area (Å²) in [7, 11) is 0. The first-order chi connectivity index (χ1) is 17.0. The number of amides is 1. The van der Waals surface area contributed by atoms with Gasteiger partial charge in [0.2, 0.25) is 0 Å². The second kappa shape index (κ2) is 12.0. The van der Waals surface area contributed by atoms with E-state index < -0.39 is 17.7 Å². The maximum atomic E-state index is 14.7. The van der Waals surface area contributed by atoms with E-state index in [1.54, 1.807) is 0 Å². The van der Waals surface area contributed by atoms with Gasteiger partial charge in [0.25, 0.3) is 0 Å². The number of aromatic nitrogens is 1. The average molecular weight is 482 g/mol.